The maximum absolute atomic E-state index is 6.56. The van der Waals surface area contributed by atoms with Gasteiger partial charge in [0, 0.05) is 0 Å². The van der Waals surface area contributed by atoms with Gasteiger partial charge in [-0.05, 0) is 0 Å². The monoisotopic (exact) mass is 444 g/mol. The Morgan fingerprint density at radius 2 is 1.05 bits per heavy atom. The Hall–Kier alpha value is 1.68. The van der Waals surface area contributed by atoms with Crippen molar-refractivity contribution in [2.45, 2.75) is 99.4 Å². The van der Waals surface area contributed by atoms with E-state index in [0.717, 1.165) is 23.5 Å². The van der Waals surface area contributed by atoms with Gasteiger partial charge in [0.05, 0.1) is 0 Å². The minimum atomic E-state index is -2.47. The zero-order chi connectivity index (χ0) is 16.1. The van der Waals surface area contributed by atoms with Gasteiger partial charge >= 0.3 is 154 Å². The number of unbranched alkanes of at least 4 members (excludes halogenated alkanes) is 6. The molecular weight excluding hydrogens is 413 g/mol. The van der Waals surface area contributed by atoms with Gasteiger partial charge in [-0.25, -0.2) is 0 Å². The van der Waals surface area contributed by atoms with E-state index >= 15 is 0 Å². The van der Waals surface area contributed by atoms with Crippen LogP contribution in [0.3, 0.4) is 0 Å². The van der Waals surface area contributed by atoms with E-state index in [1.165, 1.54) is 51.4 Å². The van der Waals surface area contributed by atoms with Gasteiger partial charge in [0.1, 0.15) is 0 Å². The van der Waals surface area contributed by atoms with Crippen molar-refractivity contribution in [3.05, 3.63) is 0 Å². The molecule has 0 bridgehead atoms. The van der Waals surface area contributed by atoms with Crippen LogP contribution in [0, 0.1) is 0 Å². The van der Waals surface area contributed by atoms with Crippen LogP contribution in [0.2, 0.25) is 10.6 Å². The SMILES string of the molecule is CCCCCCC(Cl)C[Se](Cl)(Cl)CC(Cl)CCCCCC. The average molecular weight is 445 g/mol. The first-order valence-corrected chi connectivity index (χ1v) is 16.2. The van der Waals surface area contributed by atoms with E-state index in [-0.39, 0.29) is 10.8 Å². The summed E-state index contributed by atoms with van der Waals surface area (Å²) in [6.07, 6.45) is 12.0. The van der Waals surface area contributed by atoms with Crippen LogP contribution in [-0.4, -0.2) is 21.8 Å². The molecule has 0 aromatic rings. The first kappa shape index (κ1) is 22.7. The summed E-state index contributed by atoms with van der Waals surface area (Å²) in [5, 5.41) is 1.82. The van der Waals surface area contributed by atoms with E-state index in [9.17, 15) is 0 Å². The summed E-state index contributed by atoms with van der Waals surface area (Å²) < 4.78 is 0. The van der Waals surface area contributed by atoms with Gasteiger partial charge < -0.3 is 0 Å². The van der Waals surface area contributed by atoms with Crippen LogP contribution in [0.25, 0.3) is 0 Å². The van der Waals surface area contributed by atoms with Crippen molar-refractivity contribution in [3.8, 4) is 0 Å². The van der Waals surface area contributed by atoms with Gasteiger partial charge in [-0.15, -0.1) is 0 Å². The molecule has 0 N–H and O–H groups in total. The number of hydrogen-bond acceptors (Lipinski definition) is 0. The molecule has 5 heteroatoms. The molecule has 0 aromatic heterocycles. The van der Waals surface area contributed by atoms with Gasteiger partial charge in [-0.2, -0.15) is 0 Å². The second-order valence-electron chi connectivity index (χ2n) is 5.93. The van der Waals surface area contributed by atoms with Gasteiger partial charge in [-0.3, -0.25) is 0 Å². The van der Waals surface area contributed by atoms with Crippen molar-refractivity contribution in [1.82, 2.24) is 0 Å². The van der Waals surface area contributed by atoms with Crippen molar-refractivity contribution in [2.75, 3.05) is 0 Å². The number of halogens is 4. The van der Waals surface area contributed by atoms with Gasteiger partial charge in [-0.1, -0.05) is 0 Å². The molecular formula is C16H32Cl4Se. The summed E-state index contributed by atoms with van der Waals surface area (Å²) in [5.74, 6) is 0. The van der Waals surface area contributed by atoms with Crippen LogP contribution >= 0.6 is 43.4 Å². The molecule has 0 aliphatic heterocycles. The van der Waals surface area contributed by atoms with Crippen LogP contribution in [0.4, 0.5) is 0 Å². The summed E-state index contributed by atoms with van der Waals surface area (Å²) in [4.78, 5) is 0. The quantitative estimate of drug-likeness (QED) is 0.144. The van der Waals surface area contributed by atoms with Crippen molar-refractivity contribution in [2.24, 2.45) is 0 Å². The van der Waals surface area contributed by atoms with Crippen LogP contribution in [0.15, 0.2) is 0 Å². The first-order valence-electron chi connectivity index (χ1n) is 8.37. The third kappa shape index (κ3) is 15.0. The molecule has 0 fully saturated rings. The minimum absolute atomic E-state index is 0.126. The molecule has 0 saturated carbocycles. The number of hydrogen-bond donors (Lipinski definition) is 0. The maximum atomic E-state index is 6.56. The Labute approximate surface area is 153 Å². The third-order valence-corrected chi connectivity index (χ3v) is 11.5. The predicted octanol–water partition coefficient (Wildman–Crippen LogP) is 8.06. The molecule has 0 saturated heterocycles. The van der Waals surface area contributed by atoms with E-state index in [2.05, 4.69) is 13.8 Å². The fourth-order valence-corrected chi connectivity index (χ4v) is 12.6. The first-order chi connectivity index (χ1) is 9.91. The second-order valence-corrected chi connectivity index (χ2v) is 18.5. The molecule has 0 aromatic carbocycles. The molecule has 130 valence electrons. The second kappa shape index (κ2) is 14.1. The fourth-order valence-electron chi connectivity index (χ4n) is 2.35. The molecule has 0 amide bonds. The summed E-state index contributed by atoms with van der Waals surface area (Å²) >= 11 is 10.3. The molecule has 0 aliphatic carbocycles. The van der Waals surface area contributed by atoms with Gasteiger partial charge in [0.15, 0.2) is 0 Å². The van der Waals surface area contributed by atoms with Crippen molar-refractivity contribution in [1.29, 1.82) is 0 Å². The summed E-state index contributed by atoms with van der Waals surface area (Å²) in [6.45, 7) is 4.44. The Kier molecular flexibility index (Phi) is 15.2. The van der Waals surface area contributed by atoms with E-state index < -0.39 is 11.0 Å². The fraction of sp³-hybridized carbons (Fsp3) is 1.00. The van der Waals surface area contributed by atoms with Gasteiger partial charge in [0.25, 0.3) is 0 Å². The standard InChI is InChI=1S/C16H32Cl4Se/c1-3-5-7-9-11-15(17)13-21(19,20)14-16(18)12-10-8-6-4-2/h15-16H,3-14H2,1-2H3. The number of rotatable bonds is 14. The van der Waals surface area contributed by atoms with Crippen LogP contribution in [-0.2, 0) is 0 Å². The van der Waals surface area contributed by atoms with E-state index in [4.69, 9.17) is 43.4 Å². The van der Waals surface area contributed by atoms with Crippen molar-refractivity contribution >= 4 is 54.4 Å². The Balaban J connectivity index is 3.83. The summed E-state index contributed by atoms with van der Waals surface area (Å²) in [6, 6.07) is 0. The van der Waals surface area contributed by atoms with Crippen LogP contribution in [0.5, 0.6) is 0 Å². The Morgan fingerprint density at radius 1 is 0.667 bits per heavy atom. The topological polar surface area (TPSA) is 0 Å². The molecule has 0 nitrogen and oxygen atoms in total. The molecule has 21 heavy (non-hydrogen) atoms. The Bertz CT molecular complexity index is 214. The number of alkyl halides is 2. The predicted molar refractivity (Wildman–Crippen MR) is 104 cm³/mol. The Morgan fingerprint density at radius 3 is 1.38 bits per heavy atom. The van der Waals surface area contributed by atoms with Crippen LogP contribution < -0.4 is 0 Å². The zero-order valence-electron chi connectivity index (χ0n) is 13.6. The molecule has 2 unspecified atom stereocenters. The molecule has 0 radical (unpaired) electrons. The van der Waals surface area contributed by atoms with E-state index in [0.29, 0.717) is 0 Å². The summed E-state index contributed by atoms with van der Waals surface area (Å²) in [7, 11) is 13.1. The average Bonchev–Trinajstić information content (AvgIpc) is 2.38. The normalized spacial score (nSPS) is 15.9. The van der Waals surface area contributed by atoms with Crippen LogP contribution in [0.1, 0.15) is 78.1 Å². The third-order valence-electron chi connectivity index (χ3n) is 3.59. The van der Waals surface area contributed by atoms with Gasteiger partial charge in [0.2, 0.25) is 0 Å². The molecule has 0 spiro atoms. The zero-order valence-corrected chi connectivity index (χ0v) is 18.3. The molecule has 0 rings (SSSR count). The molecule has 0 aliphatic rings. The molecule has 0 heterocycles. The summed E-state index contributed by atoms with van der Waals surface area (Å²) in [5.41, 5.74) is 0. The molecule has 2 atom stereocenters. The van der Waals surface area contributed by atoms with E-state index in [1.54, 1.807) is 0 Å². The van der Waals surface area contributed by atoms with Crippen molar-refractivity contribution in [3.63, 3.8) is 0 Å². The van der Waals surface area contributed by atoms with Crippen molar-refractivity contribution < 1.29 is 0 Å². The van der Waals surface area contributed by atoms with E-state index in [1.807, 2.05) is 0 Å².